The van der Waals surface area contributed by atoms with Crippen LogP contribution < -0.4 is 0 Å². The first kappa shape index (κ1) is 14.6. The predicted octanol–water partition coefficient (Wildman–Crippen LogP) is -0.262. The van der Waals surface area contributed by atoms with Gasteiger partial charge in [0.15, 0.2) is 11.7 Å². The number of amides is 1. The molecule has 0 spiro atoms. The molecule has 18 heavy (non-hydrogen) atoms. The molecule has 1 saturated heterocycles. The van der Waals surface area contributed by atoms with Crippen molar-refractivity contribution in [1.29, 1.82) is 0 Å². The van der Waals surface area contributed by atoms with Crippen LogP contribution in [0.2, 0.25) is 0 Å². The second kappa shape index (κ2) is 5.48. The van der Waals surface area contributed by atoms with Gasteiger partial charge in [0.25, 0.3) is 0 Å². The minimum Gasteiger partial charge on any atom is -0.465 e. The van der Waals surface area contributed by atoms with Crippen LogP contribution in [0.4, 0.5) is 0 Å². The lowest BCUT2D eigenvalue weighted by Gasteiger charge is -2.34. The number of likely N-dealkylation sites (tertiary alicyclic amines) is 1. The minimum atomic E-state index is -1.36. The van der Waals surface area contributed by atoms with E-state index in [1.807, 2.05) is 0 Å². The van der Waals surface area contributed by atoms with Crippen LogP contribution in [-0.2, 0) is 19.1 Å². The van der Waals surface area contributed by atoms with Gasteiger partial charge in [-0.3, -0.25) is 14.4 Å². The number of esters is 1. The van der Waals surface area contributed by atoms with Crippen LogP contribution in [-0.4, -0.2) is 53.0 Å². The molecule has 1 atom stereocenters. The Bertz CT molecular complexity index is 358. The monoisotopic (exact) mass is 257 g/mol. The Labute approximate surface area is 106 Å². The number of piperidine rings is 1. The largest absolute Gasteiger partial charge is 0.465 e. The highest BCUT2D eigenvalue weighted by Crippen LogP contribution is 2.18. The second-order valence-corrected chi connectivity index (χ2v) is 4.97. The Morgan fingerprint density at radius 1 is 1.50 bits per heavy atom. The molecule has 0 saturated carbocycles. The highest BCUT2D eigenvalue weighted by atomic mass is 16.5. The molecule has 1 aliphatic rings. The second-order valence-electron chi connectivity index (χ2n) is 4.97. The number of β-amino-alcohol motifs (C(OH)–C–C–N with tert-alkyl or cyclic N) is 1. The summed E-state index contributed by atoms with van der Waals surface area (Å²) < 4.78 is 4.73. The highest BCUT2D eigenvalue weighted by Gasteiger charge is 2.42. The van der Waals surface area contributed by atoms with Crippen LogP contribution in [0.3, 0.4) is 0 Å². The summed E-state index contributed by atoms with van der Waals surface area (Å²) in [6, 6.07) is 0. The van der Waals surface area contributed by atoms with E-state index in [0.29, 0.717) is 0 Å². The molecule has 0 aliphatic carbocycles. The molecule has 0 radical (unpaired) electrons. The maximum Gasteiger partial charge on any atom is 0.326 e. The first-order chi connectivity index (χ1) is 8.26. The first-order valence-electron chi connectivity index (χ1n) is 5.97. The van der Waals surface area contributed by atoms with Crippen LogP contribution in [0, 0.1) is 5.92 Å². The van der Waals surface area contributed by atoms with Crippen LogP contribution in [0.25, 0.3) is 0 Å². The van der Waals surface area contributed by atoms with E-state index < -0.39 is 29.2 Å². The Morgan fingerprint density at radius 2 is 2.11 bits per heavy atom. The van der Waals surface area contributed by atoms with E-state index in [9.17, 15) is 19.5 Å². The summed E-state index contributed by atoms with van der Waals surface area (Å²) in [5, 5.41) is 9.69. The van der Waals surface area contributed by atoms with Gasteiger partial charge in [0.2, 0.25) is 5.91 Å². The Hall–Kier alpha value is -1.43. The summed E-state index contributed by atoms with van der Waals surface area (Å²) >= 11 is 0. The molecule has 0 unspecified atom stereocenters. The Kier molecular flexibility index (Phi) is 4.45. The summed E-state index contributed by atoms with van der Waals surface area (Å²) in [5.41, 5.74) is -1.06. The number of hydrogen-bond acceptors (Lipinski definition) is 5. The number of ether oxygens (including phenoxy) is 1. The highest BCUT2D eigenvalue weighted by molar-refractivity contribution is 6.17. The summed E-state index contributed by atoms with van der Waals surface area (Å²) in [6.07, 6.45) is 0.116. The van der Waals surface area contributed by atoms with Crippen LogP contribution in [0.5, 0.6) is 0 Å². The van der Waals surface area contributed by atoms with Gasteiger partial charge >= 0.3 is 5.97 Å². The molecular weight excluding hydrogens is 238 g/mol. The molecule has 1 amide bonds. The van der Waals surface area contributed by atoms with Crippen molar-refractivity contribution < 1.29 is 24.2 Å². The van der Waals surface area contributed by atoms with Gasteiger partial charge in [0.1, 0.15) is 0 Å². The third-order valence-corrected chi connectivity index (χ3v) is 2.61. The molecule has 0 bridgehead atoms. The van der Waals surface area contributed by atoms with Crippen molar-refractivity contribution in [1.82, 2.24) is 4.90 Å². The van der Waals surface area contributed by atoms with E-state index in [0.717, 1.165) is 0 Å². The summed E-state index contributed by atoms with van der Waals surface area (Å²) in [6.45, 7) is 5.20. The SMILES string of the molecule is CCOC(=O)[C@H]1C(=O)CCN(CC(C)(C)O)C1=O. The lowest BCUT2D eigenvalue weighted by Crippen LogP contribution is -2.53. The summed E-state index contributed by atoms with van der Waals surface area (Å²) in [4.78, 5) is 36.6. The molecule has 1 N–H and O–H groups in total. The van der Waals surface area contributed by atoms with Gasteiger partial charge in [0.05, 0.1) is 12.2 Å². The molecular formula is C12H19NO5. The zero-order valence-electron chi connectivity index (χ0n) is 10.9. The Morgan fingerprint density at radius 3 is 2.61 bits per heavy atom. The van der Waals surface area contributed by atoms with Gasteiger partial charge in [-0.25, -0.2) is 0 Å². The fourth-order valence-electron chi connectivity index (χ4n) is 1.90. The predicted molar refractivity (Wildman–Crippen MR) is 62.6 cm³/mol. The first-order valence-corrected chi connectivity index (χ1v) is 5.97. The third kappa shape index (κ3) is 3.53. The molecule has 0 aromatic carbocycles. The normalized spacial score (nSPS) is 21.1. The molecule has 102 valence electrons. The molecule has 0 aromatic heterocycles. The lowest BCUT2D eigenvalue weighted by atomic mass is 9.94. The number of hydrogen-bond donors (Lipinski definition) is 1. The molecule has 1 heterocycles. The third-order valence-electron chi connectivity index (χ3n) is 2.61. The lowest BCUT2D eigenvalue weighted by molar-refractivity contribution is -0.162. The Balaban J connectivity index is 2.81. The number of nitrogens with zero attached hydrogens (tertiary/aromatic N) is 1. The topological polar surface area (TPSA) is 83.9 Å². The van der Waals surface area contributed by atoms with Gasteiger partial charge in [0, 0.05) is 19.5 Å². The molecule has 1 fully saturated rings. The van der Waals surface area contributed by atoms with Crippen molar-refractivity contribution >= 4 is 17.7 Å². The number of carbonyl (C=O) groups excluding carboxylic acids is 3. The van der Waals surface area contributed by atoms with Gasteiger partial charge < -0.3 is 14.7 Å². The van der Waals surface area contributed by atoms with Crippen molar-refractivity contribution in [2.75, 3.05) is 19.7 Å². The van der Waals surface area contributed by atoms with Crippen LogP contribution in [0.15, 0.2) is 0 Å². The summed E-state index contributed by atoms with van der Waals surface area (Å²) in [5.74, 6) is -3.15. The number of rotatable bonds is 4. The van der Waals surface area contributed by atoms with Gasteiger partial charge in [-0.15, -0.1) is 0 Å². The van der Waals surface area contributed by atoms with Gasteiger partial charge in [-0.1, -0.05) is 0 Å². The van der Waals surface area contributed by atoms with Crippen LogP contribution in [0.1, 0.15) is 27.2 Å². The van der Waals surface area contributed by atoms with E-state index in [1.165, 1.54) is 4.90 Å². The van der Waals surface area contributed by atoms with E-state index in [2.05, 4.69) is 0 Å². The fourth-order valence-corrected chi connectivity index (χ4v) is 1.90. The van der Waals surface area contributed by atoms with Crippen LogP contribution >= 0.6 is 0 Å². The number of carbonyl (C=O) groups is 3. The van der Waals surface area contributed by atoms with E-state index in [4.69, 9.17) is 4.74 Å². The molecule has 1 rings (SSSR count). The van der Waals surface area contributed by atoms with Gasteiger partial charge in [-0.2, -0.15) is 0 Å². The van der Waals surface area contributed by atoms with Crippen molar-refractivity contribution in [3.63, 3.8) is 0 Å². The maximum absolute atomic E-state index is 12.0. The average Bonchev–Trinajstić information content (AvgIpc) is 2.21. The minimum absolute atomic E-state index is 0.0923. The number of aliphatic hydroxyl groups is 1. The zero-order chi connectivity index (χ0) is 13.9. The smallest absolute Gasteiger partial charge is 0.326 e. The zero-order valence-corrected chi connectivity index (χ0v) is 10.9. The number of ketones is 1. The fraction of sp³-hybridized carbons (Fsp3) is 0.750. The molecule has 1 aliphatic heterocycles. The van der Waals surface area contributed by atoms with E-state index >= 15 is 0 Å². The molecule has 6 heteroatoms. The maximum atomic E-state index is 12.0. The van der Waals surface area contributed by atoms with Crippen molar-refractivity contribution in [3.8, 4) is 0 Å². The summed E-state index contributed by atoms with van der Waals surface area (Å²) in [7, 11) is 0. The molecule has 6 nitrogen and oxygen atoms in total. The van der Waals surface area contributed by atoms with Gasteiger partial charge in [-0.05, 0) is 20.8 Å². The standard InChI is InChI=1S/C12H19NO5/c1-4-18-11(16)9-8(14)5-6-13(10(9)15)7-12(2,3)17/h9,17H,4-7H2,1-3H3/t9-/m0/s1. The molecule has 0 aromatic rings. The van der Waals surface area contributed by atoms with E-state index in [1.54, 1.807) is 20.8 Å². The average molecular weight is 257 g/mol. The van der Waals surface area contributed by atoms with Crippen molar-refractivity contribution in [3.05, 3.63) is 0 Å². The van der Waals surface area contributed by atoms with E-state index in [-0.39, 0.29) is 26.1 Å². The van der Waals surface area contributed by atoms with Crippen molar-refractivity contribution in [2.24, 2.45) is 5.92 Å². The van der Waals surface area contributed by atoms with Crippen molar-refractivity contribution in [2.45, 2.75) is 32.8 Å². The number of Topliss-reactive ketones (excluding diaryl/α,β-unsaturated/α-hetero) is 1. The quantitative estimate of drug-likeness (QED) is 0.554.